The lowest BCUT2D eigenvalue weighted by Gasteiger charge is -2.48. The number of rotatable bonds is 5. The fraction of sp³-hybridized carbons (Fsp3) is 0.647. The van der Waals surface area contributed by atoms with Gasteiger partial charge in [0, 0.05) is 0 Å². The Bertz CT molecular complexity index is 628. The molecule has 2 aliphatic rings. The number of hydrogen-bond acceptors (Lipinski definition) is 10. The molecule has 152 valence electrons. The summed E-state index contributed by atoms with van der Waals surface area (Å²) in [6.45, 7) is -0.935. The van der Waals surface area contributed by atoms with Crippen LogP contribution in [0.3, 0.4) is 0 Å². The van der Waals surface area contributed by atoms with E-state index in [2.05, 4.69) is 0 Å². The molecule has 2 fully saturated rings. The quantitative estimate of drug-likeness (QED) is 0.411. The number of aliphatic hydroxyl groups excluding tert-OH is 4. The van der Waals surface area contributed by atoms with Crippen molar-refractivity contribution >= 4 is 0 Å². The zero-order valence-corrected chi connectivity index (χ0v) is 14.9. The van der Waals surface area contributed by atoms with Gasteiger partial charge in [-0.25, -0.2) is 0 Å². The molecule has 0 aliphatic carbocycles. The van der Waals surface area contributed by atoms with E-state index in [0.29, 0.717) is 5.56 Å². The molecule has 0 bridgehead atoms. The summed E-state index contributed by atoms with van der Waals surface area (Å²) in [7, 11) is 2.75. The molecule has 1 aromatic rings. The maximum absolute atomic E-state index is 10.3. The number of aliphatic hydroxyl groups is 4. The lowest BCUT2D eigenvalue weighted by molar-refractivity contribution is -0.371. The molecule has 0 radical (unpaired) electrons. The third kappa shape index (κ3) is 3.57. The first-order valence-electron chi connectivity index (χ1n) is 8.44. The van der Waals surface area contributed by atoms with Crippen molar-refractivity contribution in [2.24, 2.45) is 0 Å². The molecule has 0 aromatic heterocycles. The molecule has 0 saturated carbocycles. The average Bonchev–Trinajstić information content (AvgIpc) is 2.69. The zero-order valence-electron chi connectivity index (χ0n) is 14.9. The number of benzene rings is 1. The largest absolute Gasteiger partial charge is 0.502 e. The minimum atomic E-state index is -1.37. The first-order valence-corrected chi connectivity index (χ1v) is 8.44. The van der Waals surface area contributed by atoms with Gasteiger partial charge in [-0.2, -0.15) is 0 Å². The van der Waals surface area contributed by atoms with Crippen LogP contribution in [0.4, 0.5) is 0 Å². The Morgan fingerprint density at radius 3 is 1.96 bits per heavy atom. The Morgan fingerprint density at radius 2 is 1.44 bits per heavy atom. The van der Waals surface area contributed by atoms with Crippen LogP contribution in [0.2, 0.25) is 0 Å². The van der Waals surface area contributed by atoms with Crippen LogP contribution in [-0.2, 0) is 14.2 Å². The summed E-state index contributed by atoms with van der Waals surface area (Å²) in [6.07, 6.45) is -7.63. The standard InChI is InChI=1S/C17H24O10/c1-23-8-3-7(4-9(24-2)12(8)20)15-11(6-19)26-17-16(27-15)14(22)13(21)10(5-18)25-17/h3-4,10-11,13-22H,5-6H2,1-2H3/t10-,11-,13+,14+,15+,16-,17-/m1/s1. The number of hydrogen-bond donors (Lipinski definition) is 5. The third-order valence-corrected chi connectivity index (χ3v) is 4.79. The molecule has 2 aliphatic heterocycles. The summed E-state index contributed by atoms with van der Waals surface area (Å²) in [5, 5.41) is 49.5. The van der Waals surface area contributed by atoms with E-state index in [-0.39, 0.29) is 17.2 Å². The summed E-state index contributed by atoms with van der Waals surface area (Å²) < 4.78 is 27.3. The monoisotopic (exact) mass is 388 g/mol. The zero-order chi connectivity index (χ0) is 19.7. The maximum atomic E-state index is 10.3. The topological polar surface area (TPSA) is 147 Å². The van der Waals surface area contributed by atoms with Gasteiger partial charge in [0.05, 0.1) is 27.4 Å². The van der Waals surface area contributed by atoms with Crippen molar-refractivity contribution in [2.75, 3.05) is 27.4 Å². The molecule has 2 saturated heterocycles. The van der Waals surface area contributed by atoms with Gasteiger partial charge in [0.15, 0.2) is 17.8 Å². The van der Waals surface area contributed by atoms with Crippen LogP contribution in [0.1, 0.15) is 11.7 Å². The highest BCUT2D eigenvalue weighted by molar-refractivity contribution is 5.53. The van der Waals surface area contributed by atoms with Crippen molar-refractivity contribution < 1.29 is 49.2 Å². The summed E-state index contributed by atoms with van der Waals surface area (Å²) in [6, 6.07) is 3.00. The second-order valence-electron chi connectivity index (χ2n) is 6.36. The van der Waals surface area contributed by atoms with Crippen molar-refractivity contribution in [3.63, 3.8) is 0 Å². The molecule has 2 heterocycles. The van der Waals surface area contributed by atoms with E-state index in [0.717, 1.165) is 0 Å². The second-order valence-corrected chi connectivity index (χ2v) is 6.36. The molecule has 27 heavy (non-hydrogen) atoms. The second kappa shape index (κ2) is 8.15. The van der Waals surface area contributed by atoms with Gasteiger partial charge in [0.2, 0.25) is 5.75 Å². The van der Waals surface area contributed by atoms with Crippen LogP contribution in [0.5, 0.6) is 17.2 Å². The van der Waals surface area contributed by atoms with Gasteiger partial charge in [-0.1, -0.05) is 0 Å². The Kier molecular flexibility index (Phi) is 6.06. The maximum Gasteiger partial charge on any atom is 0.200 e. The summed E-state index contributed by atoms with van der Waals surface area (Å²) in [5.74, 6) is 0.0707. The van der Waals surface area contributed by atoms with Gasteiger partial charge in [0.1, 0.15) is 36.6 Å². The van der Waals surface area contributed by atoms with Gasteiger partial charge in [0.25, 0.3) is 0 Å². The van der Waals surface area contributed by atoms with E-state index in [9.17, 15) is 25.5 Å². The molecule has 10 nitrogen and oxygen atoms in total. The van der Waals surface area contributed by atoms with Crippen LogP contribution in [0.25, 0.3) is 0 Å². The summed E-state index contributed by atoms with van der Waals surface area (Å²) in [5.41, 5.74) is 0.463. The smallest absolute Gasteiger partial charge is 0.200 e. The van der Waals surface area contributed by atoms with Gasteiger partial charge in [-0.15, -0.1) is 0 Å². The number of aromatic hydroxyl groups is 1. The SMILES string of the molecule is COc1cc([C@@H]2O[C@H]3[C@H](O[C@H](CO)[C@H](O)[C@@H]3O)O[C@@H]2CO)cc(OC)c1O. The van der Waals surface area contributed by atoms with Gasteiger partial charge >= 0.3 is 0 Å². The van der Waals surface area contributed by atoms with E-state index >= 15 is 0 Å². The molecule has 1 aromatic carbocycles. The number of phenolic OH excluding ortho intramolecular Hbond substituents is 1. The van der Waals surface area contributed by atoms with Crippen LogP contribution < -0.4 is 9.47 Å². The molecule has 0 spiro atoms. The first-order chi connectivity index (χ1) is 12.9. The van der Waals surface area contributed by atoms with Crippen LogP contribution >= 0.6 is 0 Å². The summed E-state index contributed by atoms with van der Waals surface area (Å²) >= 11 is 0. The van der Waals surface area contributed by atoms with Crippen molar-refractivity contribution in [3.8, 4) is 17.2 Å². The predicted octanol–water partition coefficient (Wildman–Crippen LogP) is -1.33. The number of phenols is 1. The first kappa shape index (κ1) is 20.1. The molecular weight excluding hydrogens is 364 g/mol. The normalized spacial score (nSPS) is 36.1. The van der Waals surface area contributed by atoms with E-state index in [1.807, 2.05) is 0 Å². The minimum Gasteiger partial charge on any atom is -0.502 e. The number of fused-ring (bicyclic) bond motifs is 1. The van der Waals surface area contributed by atoms with Crippen molar-refractivity contribution in [3.05, 3.63) is 17.7 Å². The average molecular weight is 388 g/mol. The minimum absolute atomic E-state index is 0.132. The lowest BCUT2D eigenvalue weighted by Crippen LogP contribution is -2.63. The van der Waals surface area contributed by atoms with E-state index in [1.165, 1.54) is 26.4 Å². The van der Waals surface area contributed by atoms with Crippen molar-refractivity contribution in [1.82, 2.24) is 0 Å². The van der Waals surface area contributed by atoms with Crippen LogP contribution in [-0.4, -0.2) is 89.8 Å². The van der Waals surface area contributed by atoms with E-state index < -0.39 is 56.1 Å². The fourth-order valence-electron chi connectivity index (χ4n) is 3.32. The highest BCUT2D eigenvalue weighted by Gasteiger charge is 2.51. The third-order valence-electron chi connectivity index (χ3n) is 4.79. The Hall–Kier alpha value is -1.66. The Balaban J connectivity index is 1.93. The molecule has 0 unspecified atom stereocenters. The van der Waals surface area contributed by atoms with Gasteiger partial charge < -0.3 is 49.2 Å². The fourth-order valence-corrected chi connectivity index (χ4v) is 3.32. The van der Waals surface area contributed by atoms with Gasteiger partial charge in [-0.3, -0.25) is 0 Å². The molecule has 0 amide bonds. The number of ether oxygens (including phenoxy) is 5. The molecule has 5 N–H and O–H groups in total. The Morgan fingerprint density at radius 1 is 0.889 bits per heavy atom. The van der Waals surface area contributed by atoms with Crippen molar-refractivity contribution in [1.29, 1.82) is 0 Å². The van der Waals surface area contributed by atoms with Crippen molar-refractivity contribution in [2.45, 2.75) is 42.9 Å². The van der Waals surface area contributed by atoms with E-state index in [4.69, 9.17) is 23.7 Å². The number of methoxy groups -OCH3 is 2. The highest BCUT2D eigenvalue weighted by atomic mass is 16.7. The molecule has 10 heteroatoms. The van der Waals surface area contributed by atoms with Crippen LogP contribution in [0.15, 0.2) is 12.1 Å². The lowest BCUT2D eigenvalue weighted by atomic mass is 9.95. The van der Waals surface area contributed by atoms with E-state index in [1.54, 1.807) is 0 Å². The summed E-state index contributed by atoms with van der Waals surface area (Å²) in [4.78, 5) is 0. The molecule has 7 atom stereocenters. The molecular formula is C17H24O10. The predicted molar refractivity (Wildman–Crippen MR) is 88.5 cm³/mol. The van der Waals surface area contributed by atoms with Gasteiger partial charge in [-0.05, 0) is 17.7 Å². The Labute approximate surface area is 155 Å². The van der Waals surface area contributed by atoms with Crippen LogP contribution in [0, 0.1) is 0 Å². The highest BCUT2D eigenvalue weighted by Crippen LogP contribution is 2.43. The molecule has 3 rings (SSSR count).